The summed E-state index contributed by atoms with van der Waals surface area (Å²) in [6.07, 6.45) is 8.26. The zero-order valence-electron chi connectivity index (χ0n) is 25.1. The fourth-order valence-electron chi connectivity index (χ4n) is 7.98. The van der Waals surface area contributed by atoms with E-state index in [1.807, 2.05) is 17.8 Å². The molecule has 0 amide bonds. The molecule has 0 saturated carbocycles. The van der Waals surface area contributed by atoms with Crippen LogP contribution < -0.4 is 16.0 Å². The number of nitrogen functional groups attached to an aromatic ring is 1. The summed E-state index contributed by atoms with van der Waals surface area (Å²) >= 11 is 1.49. The molecule has 230 valence electrons. The van der Waals surface area contributed by atoms with Gasteiger partial charge in [-0.1, -0.05) is 5.16 Å². The summed E-state index contributed by atoms with van der Waals surface area (Å²) in [6.45, 7) is 7.01. The zero-order chi connectivity index (χ0) is 30.2. The molecular weight excluding hydrogens is 578 g/mol. The largest absolute Gasteiger partial charge is 0.389 e. The van der Waals surface area contributed by atoms with Gasteiger partial charge in [-0.2, -0.15) is 10.4 Å². The molecule has 4 unspecified atom stereocenters. The number of aromatic nitrogens is 5. The second-order valence-corrected chi connectivity index (χ2v) is 14.3. The second-order valence-electron chi connectivity index (χ2n) is 13.2. The lowest BCUT2D eigenvalue weighted by atomic mass is 9.68. The van der Waals surface area contributed by atoms with E-state index < -0.39 is 11.0 Å². The van der Waals surface area contributed by atoms with Gasteiger partial charge in [0.2, 0.25) is 0 Å². The first-order valence-corrected chi connectivity index (χ1v) is 16.5. The average molecular weight is 616 g/mol. The number of anilines is 2. The van der Waals surface area contributed by atoms with Gasteiger partial charge in [0.05, 0.1) is 53.0 Å². The van der Waals surface area contributed by atoms with Crippen LogP contribution in [0, 0.1) is 11.3 Å². The van der Waals surface area contributed by atoms with Crippen molar-refractivity contribution in [2.75, 3.05) is 36.9 Å². The molecule has 4 aromatic rings. The predicted molar refractivity (Wildman–Crippen MR) is 165 cm³/mol. The Morgan fingerprint density at radius 1 is 1.27 bits per heavy atom. The minimum Gasteiger partial charge on any atom is -0.389 e. The smallest absolute Gasteiger partial charge is 0.186 e. The van der Waals surface area contributed by atoms with Crippen LogP contribution in [0.15, 0.2) is 10.7 Å². The number of fused-ring (bicyclic) bond motifs is 5. The van der Waals surface area contributed by atoms with E-state index in [4.69, 9.17) is 30.1 Å². The van der Waals surface area contributed by atoms with E-state index in [-0.39, 0.29) is 6.04 Å². The summed E-state index contributed by atoms with van der Waals surface area (Å²) in [5.74, 6) is 1.90. The summed E-state index contributed by atoms with van der Waals surface area (Å²) in [6, 6.07) is 2.74. The number of β-amino-alcohol motifs (C(OH)–C–C–N with tert-alkyl or cyclic N) is 1. The van der Waals surface area contributed by atoms with Crippen molar-refractivity contribution in [2.45, 2.75) is 88.5 Å². The number of nitrogens with one attached hydrogen (secondary N) is 1. The standard InChI is InChI=1S/C31H37N9O3S/c1-17(21-6-4-10-34-21)40-29-19(13-35-40)28(39-11-5-8-30(2,41)15-39)36-27(37-29)24-20-14-42-16-31(25(20)43-38-24)9-3-7-22-23(31)18(12-32)26(33)44-22/h13,17,21,34,41H,3-11,14-16,33H2,1-2H3. The van der Waals surface area contributed by atoms with Crippen LogP contribution in [0.5, 0.6) is 0 Å². The molecule has 2 fully saturated rings. The molecule has 1 aliphatic carbocycles. The molecule has 44 heavy (non-hydrogen) atoms. The molecule has 8 rings (SSSR count). The molecule has 0 bridgehead atoms. The number of hydrogen-bond donors (Lipinski definition) is 3. The Labute approximate surface area is 259 Å². The molecular formula is C31H37N9O3S. The van der Waals surface area contributed by atoms with Crippen molar-refractivity contribution in [3.8, 4) is 17.6 Å². The third-order valence-corrected chi connectivity index (χ3v) is 11.2. The fraction of sp³-hybridized carbons (Fsp3) is 0.581. The number of nitrogens with zero attached hydrogens (tertiary/aromatic N) is 7. The maximum absolute atomic E-state index is 11.0. The number of thiophene rings is 1. The number of nitrogens with two attached hydrogens (primary N) is 1. The van der Waals surface area contributed by atoms with E-state index in [1.165, 1.54) is 11.3 Å². The van der Waals surface area contributed by atoms with Crippen LogP contribution in [-0.4, -0.2) is 67.9 Å². The highest BCUT2D eigenvalue weighted by Crippen LogP contribution is 2.52. The molecule has 0 aromatic carbocycles. The van der Waals surface area contributed by atoms with Crippen molar-refractivity contribution in [1.29, 1.82) is 5.26 Å². The van der Waals surface area contributed by atoms with E-state index in [1.54, 1.807) is 0 Å². The van der Waals surface area contributed by atoms with Gasteiger partial charge in [-0.05, 0) is 65.3 Å². The Balaban J connectivity index is 1.30. The first-order chi connectivity index (χ1) is 21.3. The van der Waals surface area contributed by atoms with Crippen molar-refractivity contribution >= 4 is 33.2 Å². The second kappa shape index (κ2) is 10.2. The highest BCUT2D eigenvalue weighted by atomic mass is 32.1. The molecule has 4 N–H and O–H groups in total. The van der Waals surface area contributed by atoms with Gasteiger partial charge in [0.15, 0.2) is 22.9 Å². The van der Waals surface area contributed by atoms with Gasteiger partial charge in [0.1, 0.15) is 16.9 Å². The summed E-state index contributed by atoms with van der Waals surface area (Å²) in [5.41, 5.74) is 8.41. The van der Waals surface area contributed by atoms with Crippen LogP contribution >= 0.6 is 11.3 Å². The van der Waals surface area contributed by atoms with Crippen molar-refractivity contribution in [3.05, 3.63) is 33.5 Å². The average Bonchev–Trinajstić information content (AvgIpc) is 3.81. The van der Waals surface area contributed by atoms with Gasteiger partial charge in [-0.25, -0.2) is 14.6 Å². The Hall–Kier alpha value is -3.57. The SMILES string of the molecule is CC(C1CCCN1)n1ncc2c(N3CCCC(C)(O)C3)nc(-c3noc4c3COCC43CCCc4sc(N)c(C#N)c43)nc21. The molecule has 0 radical (unpaired) electrons. The van der Waals surface area contributed by atoms with Gasteiger partial charge in [0.25, 0.3) is 0 Å². The molecule has 4 atom stereocenters. The first kappa shape index (κ1) is 27.9. The van der Waals surface area contributed by atoms with Crippen LogP contribution in [0.3, 0.4) is 0 Å². The van der Waals surface area contributed by atoms with Crippen LogP contribution in [0.2, 0.25) is 0 Å². The zero-order valence-corrected chi connectivity index (χ0v) is 25.9. The highest BCUT2D eigenvalue weighted by molar-refractivity contribution is 7.16. The molecule has 3 aliphatic heterocycles. The summed E-state index contributed by atoms with van der Waals surface area (Å²) in [7, 11) is 0. The molecule has 2 saturated heterocycles. The van der Waals surface area contributed by atoms with Gasteiger partial charge in [-0.15, -0.1) is 11.3 Å². The number of rotatable bonds is 4. The maximum atomic E-state index is 11.0. The lowest BCUT2D eigenvalue weighted by molar-refractivity contribution is 0.0448. The van der Waals surface area contributed by atoms with E-state index in [0.717, 1.165) is 96.7 Å². The normalized spacial score (nSPS) is 27.4. The van der Waals surface area contributed by atoms with Gasteiger partial charge in [0, 0.05) is 29.6 Å². The summed E-state index contributed by atoms with van der Waals surface area (Å²) in [5, 5.41) is 35.5. The Morgan fingerprint density at radius 2 is 2.16 bits per heavy atom. The van der Waals surface area contributed by atoms with E-state index in [9.17, 15) is 10.4 Å². The molecule has 4 aromatic heterocycles. The maximum Gasteiger partial charge on any atom is 0.186 e. The lowest BCUT2D eigenvalue weighted by Crippen LogP contribution is -2.46. The number of hydrogen-bond acceptors (Lipinski definition) is 12. The predicted octanol–water partition coefficient (Wildman–Crippen LogP) is 3.81. The number of ether oxygens (including phenoxy) is 1. The van der Waals surface area contributed by atoms with Crippen LogP contribution in [0.1, 0.15) is 85.7 Å². The van der Waals surface area contributed by atoms with E-state index in [2.05, 4.69) is 28.4 Å². The lowest BCUT2D eigenvalue weighted by Gasteiger charge is -2.38. The van der Waals surface area contributed by atoms with Crippen LogP contribution in [-0.2, 0) is 23.2 Å². The van der Waals surface area contributed by atoms with Gasteiger partial charge >= 0.3 is 0 Å². The Morgan fingerprint density at radius 3 is 2.95 bits per heavy atom. The van der Waals surface area contributed by atoms with Crippen molar-refractivity contribution in [2.24, 2.45) is 0 Å². The third kappa shape index (κ3) is 4.18. The fourth-order valence-corrected chi connectivity index (χ4v) is 9.14. The van der Waals surface area contributed by atoms with E-state index >= 15 is 0 Å². The monoisotopic (exact) mass is 615 g/mol. The first-order valence-electron chi connectivity index (χ1n) is 15.6. The summed E-state index contributed by atoms with van der Waals surface area (Å²) in [4.78, 5) is 13.5. The number of piperidine rings is 1. The molecule has 13 heteroatoms. The van der Waals surface area contributed by atoms with E-state index in [0.29, 0.717) is 47.9 Å². The molecule has 1 spiro atoms. The Kier molecular flexibility index (Phi) is 6.50. The van der Waals surface area contributed by atoms with Gasteiger partial charge < -0.3 is 30.3 Å². The van der Waals surface area contributed by atoms with Crippen LogP contribution in [0.4, 0.5) is 10.8 Å². The Bertz CT molecular complexity index is 1790. The van der Waals surface area contributed by atoms with Crippen molar-refractivity contribution in [1.82, 2.24) is 30.2 Å². The van der Waals surface area contributed by atoms with Crippen molar-refractivity contribution in [3.63, 3.8) is 0 Å². The van der Waals surface area contributed by atoms with Crippen LogP contribution in [0.25, 0.3) is 22.6 Å². The minimum absolute atomic E-state index is 0.0852. The molecule has 7 heterocycles. The number of aliphatic hydroxyl groups is 1. The minimum atomic E-state index is -0.820. The summed E-state index contributed by atoms with van der Waals surface area (Å²) < 4.78 is 14.5. The number of aryl methyl sites for hydroxylation is 1. The quantitative estimate of drug-likeness (QED) is 0.306. The van der Waals surface area contributed by atoms with Crippen molar-refractivity contribution < 1.29 is 14.4 Å². The van der Waals surface area contributed by atoms with Gasteiger partial charge in [-0.3, -0.25) is 0 Å². The topological polar surface area (TPSA) is 164 Å². The third-order valence-electron chi connectivity index (χ3n) is 10.1. The highest BCUT2D eigenvalue weighted by Gasteiger charge is 2.50. The number of nitriles is 1. The molecule has 4 aliphatic rings. The molecule has 12 nitrogen and oxygen atoms in total.